The van der Waals surface area contributed by atoms with Crippen molar-refractivity contribution in [2.45, 2.75) is 13.8 Å². The van der Waals surface area contributed by atoms with Crippen molar-refractivity contribution in [3.63, 3.8) is 0 Å². The Morgan fingerprint density at radius 2 is 2.10 bits per heavy atom. The molecule has 2 rings (SSSR count). The first-order chi connectivity index (χ1) is 9.67. The van der Waals surface area contributed by atoms with Gasteiger partial charge in [0, 0.05) is 28.0 Å². The number of ether oxygens (including phenoxy) is 1. The maximum Gasteiger partial charge on any atom is 0.325 e. The zero-order valence-electron chi connectivity index (χ0n) is 11.6. The van der Waals surface area contributed by atoms with Crippen LogP contribution in [0, 0.1) is 0 Å². The number of benzene rings is 1. The van der Waals surface area contributed by atoms with E-state index in [1.54, 1.807) is 6.20 Å². The number of likely N-dealkylation sites (N-methyl/N-ethyl adjacent to an activating group) is 1. The van der Waals surface area contributed by atoms with E-state index in [9.17, 15) is 4.79 Å². The molecule has 0 unspecified atom stereocenters. The molecule has 0 saturated heterocycles. The monoisotopic (exact) mass is 336 g/mol. The van der Waals surface area contributed by atoms with Gasteiger partial charge in [-0.3, -0.25) is 4.79 Å². The fraction of sp³-hybridized carbons (Fsp3) is 0.333. The number of pyridine rings is 1. The van der Waals surface area contributed by atoms with E-state index in [0.29, 0.717) is 13.2 Å². The van der Waals surface area contributed by atoms with Gasteiger partial charge in [-0.25, -0.2) is 4.98 Å². The highest BCUT2D eigenvalue weighted by Gasteiger charge is 2.15. The van der Waals surface area contributed by atoms with Crippen LogP contribution >= 0.6 is 15.9 Å². The van der Waals surface area contributed by atoms with Gasteiger partial charge < -0.3 is 9.64 Å². The Balaban J connectivity index is 2.39. The summed E-state index contributed by atoms with van der Waals surface area (Å²) < 4.78 is 6.03. The minimum absolute atomic E-state index is 0.211. The molecule has 0 atom stereocenters. The summed E-state index contributed by atoms with van der Waals surface area (Å²) in [6.07, 6.45) is 1.76. The van der Waals surface area contributed by atoms with E-state index in [2.05, 4.69) is 20.9 Å². The lowest BCUT2D eigenvalue weighted by molar-refractivity contribution is -0.141. The third kappa shape index (κ3) is 3.10. The van der Waals surface area contributed by atoms with Crippen molar-refractivity contribution < 1.29 is 9.53 Å². The SMILES string of the molecule is CCOC(=O)CN(CC)c1nccc2c(Br)cccc12. The molecule has 20 heavy (non-hydrogen) atoms. The standard InChI is InChI=1S/C15H17BrN2O2/c1-3-18(10-14(19)20-4-2)15-12-6-5-7-13(16)11(12)8-9-17-15/h5-9H,3-4,10H2,1-2H3. The van der Waals surface area contributed by atoms with E-state index < -0.39 is 0 Å². The third-order valence-corrected chi connectivity index (χ3v) is 3.73. The Morgan fingerprint density at radius 3 is 2.80 bits per heavy atom. The first kappa shape index (κ1) is 14.8. The predicted molar refractivity (Wildman–Crippen MR) is 84.0 cm³/mol. The van der Waals surface area contributed by atoms with Gasteiger partial charge in [-0.1, -0.05) is 28.1 Å². The second-order valence-corrected chi connectivity index (χ2v) is 5.14. The van der Waals surface area contributed by atoms with Gasteiger partial charge in [-0.15, -0.1) is 0 Å². The lowest BCUT2D eigenvalue weighted by Crippen LogP contribution is -2.31. The van der Waals surface area contributed by atoms with Gasteiger partial charge >= 0.3 is 5.97 Å². The Bertz CT molecular complexity index is 616. The highest BCUT2D eigenvalue weighted by atomic mass is 79.9. The van der Waals surface area contributed by atoms with Crippen LogP contribution in [0.15, 0.2) is 34.9 Å². The van der Waals surface area contributed by atoms with Crippen LogP contribution in [-0.4, -0.2) is 30.6 Å². The molecule has 0 radical (unpaired) electrons. The van der Waals surface area contributed by atoms with E-state index >= 15 is 0 Å². The lowest BCUT2D eigenvalue weighted by atomic mass is 10.1. The van der Waals surface area contributed by atoms with Crippen molar-refractivity contribution in [2.75, 3.05) is 24.6 Å². The van der Waals surface area contributed by atoms with Crippen molar-refractivity contribution in [3.05, 3.63) is 34.9 Å². The van der Waals surface area contributed by atoms with E-state index in [-0.39, 0.29) is 12.5 Å². The average molecular weight is 337 g/mol. The summed E-state index contributed by atoms with van der Waals surface area (Å²) in [4.78, 5) is 18.0. The zero-order chi connectivity index (χ0) is 14.5. The predicted octanol–water partition coefficient (Wildman–Crippen LogP) is 3.39. The highest BCUT2D eigenvalue weighted by molar-refractivity contribution is 9.10. The van der Waals surface area contributed by atoms with Crippen LogP contribution in [0.4, 0.5) is 5.82 Å². The molecule has 0 aliphatic rings. The molecule has 0 fully saturated rings. The van der Waals surface area contributed by atoms with Crippen molar-refractivity contribution in [1.82, 2.24) is 4.98 Å². The smallest absolute Gasteiger partial charge is 0.325 e. The normalized spacial score (nSPS) is 10.6. The zero-order valence-corrected chi connectivity index (χ0v) is 13.2. The molecule has 0 aliphatic heterocycles. The van der Waals surface area contributed by atoms with Crippen molar-refractivity contribution in [1.29, 1.82) is 0 Å². The Morgan fingerprint density at radius 1 is 1.30 bits per heavy atom. The summed E-state index contributed by atoms with van der Waals surface area (Å²) in [5.74, 6) is 0.572. The number of carbonyl (C=O) groups is 1. The van der Waals surface area contributed by atoms with E-state index in [4.69, 9.17) is 4.74 Å². The van der Waals surface area contributed by atoms with Crippen LogP contribution in [0.25, 0.3) is 10.8 Å². The van der Waals surface area contributed by atoms with Crippen molar-refractivity contribution in [2.24, 2.45) is 0 Å². The fourth-order valence-corrected chi connectivity index (χ4v) is 2.60. The molecule has 0 bridgehead atoms. The second-order valence-electron chi connectivity index (χ2n) is 4.29. The van der Waals surface area contributed by atoms with Crippen LogP contribution in [0.1, 0.15) is 13.8 Å². The largest absolute Gasteiger partial charge is 0.465 e. The molecular formula is C15H17BrN2O2. The summed E-state index contributed by atoms with van der Waals surface area (Å²) in [5, 5.41) is 2.10. The molecule has 0 amide bonds. The molecule has 2 aromatic rings. The number of halogens is 1. The van der Waals surface area contributed by atoms with Gasteiger partial charge in [0.15, 0.2) is 0 Å². The maximum atomic E-state index is 11.7. The summed E-state index contributed by atoms with van der Waals surface area (Å²) in [5.41, 5.74) is 0. The highest BCUT2D eigenvalue weighted by Crippen LogP contribution is 2.29. The number of fused-ring (bicyclic) bond motifs is 1. The van der Waals surface area contributed by atoms with Crippen LogP contribution in [0.2, 0.25) is 0 Å². The number of nitrogens with zero attached hydrogens (tertiary/aromatic N) is 2. The number of hydrogen-bond donors (Lipinski definition) is 0. The summed E-state index contributed by atoms with van der Waals surface area (Å²) >= 11 is 3.54. The number of aromatic nitrogens is 1. The molecule has 0 saturated carbocycles. The Kier molecular flexibility index (Phi) is 4.95. The van der Waals surface area contributed by atoms with E-state index in [1.807, 2.05) is 43.0 Å². The second kappa shape index (κ2) is 6.70. The van der Waals surface area contributed by atoms with Gasteiger partial charge in [-0.05, 0) is 26.0 Å². The molecule has 1 heterocycles. The molecule has 106 valence electrons. The summed E-state index contributed by atoms with van der Waals surface area (Å²) in [6, 6.07) is 7.93. The van der Waals surface area contributed by atoms with Crippen LogP contribution in [-0.2, 0) is 9.53 Å². The first-order valence-electron chi connectivity index (χ1n) is 6.61. The number of hydrogen-bond acceptors (Lipinski definition) is 4. The van der Waals surface area contributed by atoms with Gasteiger partial charge in [-0.2, -0.15) is 0 Å². The van der Waals surface area contributed by atoms with Gasteiger partial charge in [0.1, 0.15) is 12.4 Å². The molecule has 4 nitrogen and oxygen atoms in total. The number of esters is 1. The summed E-state index contributed by atoms with van der Waals surface area (Å²) in [6.45, 7) is 5.10. The van der Waals surface area contributed by atoms with Crippen LogP contribution in [0.5, 0.6) is 0 Å². The third-order valence-electron chi connectivity index (χ3n) is 3.04. The molecule has 0 spiro atoms. The topological polar surface area (TPSA) is 42.4 Å². The molecule has 5 heteroatoms. The Labute approximate surface area is 126 Å². The fourth-order valence-electron chi connectivity index (χ4n) is 2.10. The lowest BCUT2D eigenvalue weighted by Gasteiger charge is -2.22. The van der Waals surface area contributed by atoms with Gasteiger partial charge in [0.05, 0.1) is 6.61 Å². The molecule has 0 N–H and O–H groups in total. The minimum Gasteiger partial charge on any atom is -0.465 e. The number of rotatable bonds is 5. The number of anilines is 1. The molecule has 1 aromatic carbocycles. The van der Waals surface area contributed by atoms with E-state index in [0.717, 1.165) is 21.1 Å². The first-order valence-corrected chi connectivity index (χ1v) is 7.40. The molecule has 1 aromatic heterocycles. The summed E-state index contributed by atoms with van der Waals surface area (Å²) in [7, 11) is 0. The molecular weight excluding hydrogens is 320 g/mol. The average Bonchev–Trinajstić information content (AvgIpc) is 2.45. The maximum absolute atomic E-state index is 11.7. The molecule has 0 aliphatic carbocycles. The van der Waals surface area contributed by atoms with Crippen molar-refractivity contribution >= 4 is 38.5 Å². The quantitative estimate of drug-likeness (QED) is 0.785. The van der Waals surface area contributed by atoms with Crippen LogP contribution in [0.3, 0.4) is 0 Å². The van der Waals surface area contributed by atoms with Gasteiger partial charge in [0.2, 0.25) is 0 Å². The van der Waals surface area contributed by atoms with Crippen molar-refractivity contribution in [3.8, 4) is 0 Å². The van der Waals surface area contributed by atoms with E-state index in [1.165, 1.54) is 0 Å². The Hall–Kier alpha value is -1.62. The van der Waals surface area contributed by atoms with Gasteiger partial charge in [0.25, 0.3) is 0 Å². The van der Waals surface area contributed by atoms with Crippen LogP contribution < -0.4 is 4.90 Å². The minimum atomic E-state index is -0.233. The number of carbonyl (C=O) groups excluding carboxylic acids is 1.